The van der Waals surface area contributed by atoms with Gasteiger partial charge in [-0.25, -0.2) is 0 Å². The van der Waals surface area contributed by atoms with Gasteiger partial charge in [0.1, 0.15) is 6.04 Å². The molecule has 0 aromatic carbocycles. The minimum atomic E-state index is -0.448. The summed E-state index contributed by atoms with van der Waals surface area (Å²) in [5.41, 5.74) is -0.165. The molecule has 0 aliphatic carbocycles. The van der Waals surface area contributed by atoms with Crippen LogP contribution >= 0.6 is 0 Å². The van der Waals surface area contributed by atoms with Crippen LogP contribution in [0.5, 0.6) is 0 Å². The summed E-state index contributed by atoms with van der Waals surface area (Å²) in [6, 6.07) is -0.448. The standard InChI is InChI=1S/C12H18N2O2/c1-4-7-9(15)14-10-11(16)13-8-12(10,5-2)6-3/h10H,5-6,8H2,1-3H3,(H,13,16)(H,14,15). The molecule has 0 spiro atoms. The number of carbonyl (C=O) groups is 2. The van der Waals surface area contributed by atoms with Crippen LogP contribution in [0.2, 0.25) is 0 Å². The van der Waals surface area contributed by atoms with Crippen molar-refractivity contribution in [3.8, 4) is 11.8 Å². The molecule has 0 radical (unpaired) electrons. The maximum atomic E-state index is 11.7. The van der Waals surface area contributed by atoms with E-state index in [1.807, 2.05) is 13.8 Å². The summed E-state index contributed by atoms with van der Waals surface area (Å²) in [5, 5.41) is 5.51. The Bertz CT molecular complexity index is 348. The van der Waals surface area contributed by atoms with Crippen LogP contribution in [0.1, 0.15) is 33.6 Å². The molecular formula is C12H18N2O2. The van der Waals surface area contributed by atoms with Crippen molar-refractivity contribution in [1.82, 2.24) is 10.6 Å². The van der Waals surface area contributed by atoms with Crippen LogP contribution in [-0.2, 0) is 9.59 Å². The van der Waals surface area contributed by atoms with Gasteiger partial charge >= 0.3 is 0 Å². The Morgan fingerprint density at radius 3 is 2.69 bits per heavy atom. The van der Waals surface area contributed by atoms with Crippen molar-refractivity contribution < 1.29 is 9.59 Å². The van der Waals surface area contributed by atoms with E-state index in [2.05, 4.69) is 22.5 Å². The largest absolute Gasteiger partial charge is 0.354 e. The van der Waals surface area contributed by atoms with Gasteiger partial charge in [0, 0.05) is 12.0 Å². The third-order valence-electron chi connectivity index (χ3n) is 3.41. The van der Waals surface area contributed by atoms with E-state index < -0.39 is 6.04 Å². The fraction of sp³-hybridized carbons (Fsp3) is 0.667. The number of amides is 2. The van der Waals surface area contributed by atoms with Gasteiger partial charge < -0.3 is 10.6 Å². The smallest absolute Gasteiger partial charge is 0.296 e. The van der Waals surface area contributed by atoms with Crippen LogP contribution in [0.25, 0.3) is 0 Å². The topological polar surface area (TPSA) is 58.2 Å². The predicted molar refractivity (Wildman–Crippen MR) is 61.4 cm³/mol. The van der Waals surface area contributed by atoms with Crippen molar-refractivity contribution in [2.45, 2.75) is 39.7 Å². The number of nitrogens with one attached hydrogen (secondary N) is 2. The summed E-state index contributed by atoms with van der Waals surface area (Å²) in [6.07, 6.45) is 1.71. The van der Waals surface area contributed by atoms with Gasteiger partial charge in [0.05, 0.1) is 0 Å². The van der Waals surface area contributed by atoms with Gasteiger partial charge in [-0.1, -0.05) is 19.8 Å². The Labute approximate surface area is 96.2 Å². The van der Waals surface area contributed by atoms with Gasteiger partial charge in [0.2, 0.25) is 5.91 Å². The molecule has 1 aliphatic heterocycles. The zero-order valence-corrected chi connectivity index (χ0v) is 10.0. The van der Waals surface area contributed by atoms with Gasteiger partial charge in [-0.2, -0.15) is 0 Å². The van der Waals surface area contributed by atoms with Gasteiger partial charge in [0.25, 0.3) is 5.91 Å². The summed E-state index contributed by atoms with van der Waals surface area (Å²) in [5.74, 6) is 4.44. The fourth-order valence-corrected chi connectivity index (χ4v) is 2.15. The predicted octanol–water partition coefficient (Wildman–Crippen LogP) is 0.431. The first-order valence-electron chi connectivity index (χ1n) is 5.60. The summed E-state index contributed by atoms with van der Waals surface area (Å²) in [6.45, 7) is 6.30. The highest BCUT2D eigenvalue weighted by Crippen LogP contribution is 2.33. The van der Waals surface area contributed by atoms with Crippen molar-refractivity contribution in [3.63, 3.8) is 0 Å². The third kappa shape index (κ3) is 2.19. The summed E-state index contributed by atoms with van der Waals surface area (Å²) in [7, 11) is 0. The van der Waals surface area contributed by atoms with Crippen molar-refractivity contribution in [1.29, 1.82) is 0 Å². The first-order chi connectivity index (χ1) is 7.59. The molecule has 1 saturated heterocycles. The molecule has 0 saturated carbocycles. The molecule has 1 unspecified atom stereocenters. The summed E-state index contributed by atoms with van der Waals surface area (Å²) >= 11 is 0. The molecule has 1 heterocycles. The molecule has 2 amide bonds. The molecule has 16 heavy (non-hydrogen) atoms. The molecule has 4 nitrogen and oxygen atoms in total. The second kappa shape index (κ2) is 5.02. The Balaban J connectivity index is 2.84. The molecule has 88 valence electrons. The van der Waals surface area contributed by atoms with E-state index in [0.29, 0.717) is 6.54 Å². The van der Waals surface area contributed by atoms with Crippen molar-refractivity contribution in [2.75, 3.05) is 6.54 Å². The molecular weight excluding hydrogens is 204 g/mol. The maximum absolute atomic E-state index is 11.7. The lowest BCUT2D eigenvalue weighted by Gasteiger charge is -2.30. The average Bonchev–Trinajstić information content (AvgIpc) is 2.58. The van der Waals surface area contributed by atoms with Crippen LogP contribution in [0.3, 0.4) is 0 Å². The average molecular weight is 222 g/mol. The summed E-state index contributed by atoms with van der Waals surface area (Å²) in [4.78, 5) is 23.1. The van der Waals surface area contributed by atoms with Crippen LogP contribution < -0.4 is 10.6 Å². The Hall–Kier alpha value is -1.50. The van der Waals surface area contributed by atoms with E-state index >= 15 is 0 Å². The Kier molecular flexibility index (Phi) is 3.94. The lowest BCUT2D eigenvalue weighted by molar-refractivity contribution is -0.126. The second-order valence-corrected chi connectivity index (χ2v) is 4.07. The number of hydrogen-bond donors (Lipinski definition) is 2. The molecule has 0 bridgehead atoms. The highest BCUT2D eigenvalue weighted by molar-refractivity contribution is 5.98. The molecule has 0 aromatic heterocycles. The Morgan fingerprint density at radius 2 is 2.19 bits per heavy atom. The van der Waals surface area contributed by atoms with Crippen molar-refractivity contribution >= 4 is 11.8 Å². The highest BCUT2D eigenvalue weighted by Gasteiger charge is 2.46. The van der Waals surface area contributed by atoms with E-state index in [-0.39, 0.29) is 17.2 Å². The second-order valence-electron chi connectivity index (χ2n) is 4.07. The summed E-state index contributed by atoms with van der Waals surface area (Å²) < 4.78 is 0. The van der Waals surface area contributed by atoms with E-state index in [1.54, 1.807) is 6.92 Å². The van der Waals surface area contributed by atoms with Crippen molar-refractivity contribution in [3.05, 3.63) is 0 Å². The SMILES string of the molecule is CC#CC(=O)NC1C(=O)NCC1(CC)CC. The monoisotopic (exact) mass is 222 g/mol. The quantitative estimate of drug-likeness (QED) is 0.680. The van der Waals surface area contributed by atoms with Crippen LogP contribution in [0.4, 0.5) is 0 Å². The van der Waals surface area contributed by atoms with Gasteiger partial charge in [-0.3, -0.25) is 9.59 Å². The first kappa shape index (κ1) is 12.6. The lowest BCUT2D eigenvalue weighted by atomic mass is 9.77. The molecule has 1 fully saturated rings. The Morgan fingerprint density at radius 1 is 1.56 bits per heavy atom. The molecule has 0 aromatic rings. The normalized spacial score (nSPS) is 21.9. The molecule has 2 N–H and O–H groups in total. The van der Waals surface area contributed by atoms with Gasteiger partial charge in [0.15, 0.2) is 0 Å². The van der Waals surface area contributed by atoms with E-state index in [0.717, 1.165) is 12.8 Å². The van der Waals surface area contributed by atoms with Gasteiger partial charge in [-0.05, 0) is 25.7 Å². The van der Waals surface area contributed by atoms with Crippen LogP contribution in [0, 0.1) is 17.3 Å². The van der Waals surface area contributed by atoms with Gasteiger partial charge in [-0.15, -0.1) is 0 Å². The van der Waals surface area contributed by atoms with E-state index in [4.69, 9.17) is 0 Å². The number of hydrogen-bond acceptors (Lipinski definition) is 2. The molecule has 4 heteroatoms. The molecule has 1 rings (SSSR count). The highest BCUT2D eigenvalue weighted by atomic mass is 16.2. The van der Waals surface area contributed by atoms with Crippen LogP contribution in [0.15, 0.2) is 0 Å². The lowest BCUT2D eigenvalue weighted by Crippen LogP contribution is -2.48. The number of carbonyl (C=O) groups excluding carboxylic acids is 2. The third-order valence-corrected chi connectivity index (χ3v) is 3.41. The number of rotatable bonds is 3. The molecule has 1 aliphatic rings. The zero-order chi connectivity index (χ0) is 12.2. The first-order valence-corrected chi connectivity index (χ1v) is 5.60. The minimum Gasteiger partial charge on any atom is -0.354 e. The van der Waals surface area contributed by atoms with Crippen molar-refractivity contribution in [2.24, 2.45) is 5.41 Å². The zero-order valence-electron chi connectivity index (χ0n) is 10.0. The maximum Gasteiger partial charge on any atom is 0.296 e. The minimum absolute atomic E-state index is 0.102. The molecule has 1 atom stereocenters. The van der Waals surface area contributed by atoms with E-state index in [9.17, 15) is 9.59 Å². The van der Waals surface area contributed by atoms with E-state index in [1.165, 1.54) is 0 Å². The fourth-order valence-electron chi connectivity index (χ4n) is 2.15. The van der Waals surface area contributed by atoms with Crippen LogP contribution in [-0.4, -0.2) is 24.4 Å².